The number of carbonyl (C=O) groups excluding carboxylic acids is 1. The van der Waals surface area contributed by atoms with Gasteiger partial charge in [-0.2, -0.15) is 4.31 Å². The molecular formula is C21H22F2N2O4S. The van der Waals surface area contributed by atoms with Crippen molar-refractivity contribution in [1.29, 1.82) is 0 Å². The summed E-state index contributed by atoms with van der Waals surface area (Å²) in [6, 6.07) is 6.26. The number of rotatable bonds is 5. The predicted molar refractivity (Wildman–Crippen MR) is 106 cm³/mol. The minimum atomic E-state index is -3.95. The Morgan fingerprint density at radius 3 is 2.43 bits per heavy atom. The van der Waals surface area contributed by atoms with Gasteiger partial charge in [0, 0.05) is 38.2 Å². The third kappa shape index (κ3) is 4.17. The Hall–Kier alpha value is -2.52. The quantitative estimate of drug-likeness (QED) is 0.675. The first kappa shape index (κ1) is 20.7. The van der Waals surface area contributed by atoms with E-state index in [0.717, 1.165) is 24.3 Å². The lowest BCUT2D eigenvalue weighted by Gasteiger charge is -2.33. The number of carbonyl (C=O) groups is 1. The fraction of sp³-hybridized carbons (Fsp3) is 0.381. The van der Waals surface area contributed by atoms with Crippen LogP contribution in [0.4, 0.5) is 8.78 Å². The smallest absolute Gasteiger partial charge is 0.246 e. The lowest BCUT2D eigenvalue weighted by atomic mass is 10.3. The summed E-state index contributed by atoms with van der Waals surface area (Å²) in [6.45, 7) is 2.72. The van der Waals surface area contributed by atoms with E-state index in [4.69, 9.17) is 4.42 Å². The molecular weight excluding hydrogens is 414 g/mol. The van der Waals surface area contributed by atoms with Gasteiger partial charge in [-0.25, -0.2) is 17.2 Å². The van der Waals surface area contributed by atoms with Gasteiger partial charge in [0.2, 0.25) is 15.9 Å². The SMILES string of the molecule is CC1CC1c1ccc(/C=C/C(=O)N2CCN(S(=O)(=O)c3ccc(F)c(F)c3)CC2)o1. The van der Waals surface area contributed by atoms with Crippen LogP contribution in [0.5, 0.6) is 0 Å². The van der Waals surface area contributed by atoms with Crippen molar-refractivity contribution in [1.82, 2.24) is 9.21 Å². The molecule has 0 spiro atoms. The van der Waals surface area contributed by atoms with Crippen LogP contribution < -0.4 is 0 Å². The molecule has 2 aromatic rings. The first-order chi connectivity index (χ1) is 14.3. The van der Waals surface area contributed by atoms with E-state index in [0.29, 0.717) is 23.7 Å². The summed E-state index contributed by atoms with van der Waals surface area (Å²) < 4.78 is 58.7. The van der Waals surface area contributed by atoms with Crippen molar-refractivity contribution in [3.05, 3.63) is 59.6 Å². The maximum Gasteiger partial charge on any atom is 0.246 e. The van der Waals surface area contributed by atoms with Crippen LogP contribution in [0.15, 0.2) is 45.7 Å². The second-order valence-electron chi connectivity index (χ2n) is 7.70. The number of nitrogens with zero attached hydrogens (tertiary/aromatic N) is 2. The van der Waals surface area contributed by atoms with Crippen LogP contribution in [-0.4, -0.2) is 49.7 Å². The number of amides is 1. The largest absolute Gasteiger partial charge is 0.461 e. The fourth-order valence-corrected chi connectivity index (χ4v) is 5.00. The number of sulfonamides is 1. The van der Waals surface area contributed by atoms with E-state index < -0.39 is 21.7 Å². The molecule has 2 unspecified atom stereocenters. The van der Waals surface area contributed by atoms with Crippen molar-refractivity contribution in [3.63, 3.8) is 0 Å². The minimum absolute atomic E-state index is 0.0748. The second kappa shape index (κ2) is 7.96. The molecule has 1 saturated heterocycles. The van der Waals surface area contributed by atoms with Crippen molar-refractivity contribution < 1.29 is 26.4 Å². The summed E-state index contributed by atoms with van der Waals surface area (Å²) in [4.78, 5) is 13.7. The van der Waals surface area contributed by atoms with Gasteiger partial charge in [0.1, 0.15) is 11.5 Å². The maximum absolute atomic E-state index is 13.4. The molecule has 1 amide bonds. The molecule has 1 saturated carbocycles. The molecule has 0 bridgehead atoms. The van der Waals surface area contributed by atoms with Gasteiger partial charge in [-0.1, -0.05) is 6.92 Å². The van der Waals surface area contributed by atoms with Crippen LogP contribution in [-0.2, 0) is 14.8 Å². The molecule has 1 aromatic heterocycles. The van der Waals surface area contributed by atoms with Crippen molar-refractivity contribution in [2.45, 2.75) is 24.2 Å². The van der Waals surface area contributed by atoms with E-state index in [1.807, 2.05) is 12.1 Å². The maximum atomic E-state index is 13.4. The molecule has 2 atom stereocenters. The lowest BCUT2D eigenvalue weighted by Crippen LogP contribution is -2.50. The van der Waals surface area contributed by atoms with Crippen molar-refractivity contribution >= 4 is 22.0 Å². The summed E-state index contributed by atoms with van der Waals surface area (Å²) >= 11 is 0. The van der Waals surface area contributed by atoms with Crippen LogP contribution in [0.2, 0.25) is 0 Å². The Kier molecular flexibility index (Phi) is 5.50. The van der Waals surface area contributed by atoms with Crippen LogP contribution in [0.3, 0.4) is 0 Å². The Morgan fingerprint density at radius 2 is 1.80 bits per heavy atom. The Balaban J connectivity index is 1.35. The van der Waals surface area contributed by atoms with Gasteiger partial charge in [-0.3, -0.25) is 4.79 Å². The van der Waals surface area contributed by atoms with E-state index >= 15 is 0 Å². The number of benzene rings is 1. The van der Waals surface area contributed by atoms with Crippen LogP contribution in [0, 0.1) is 17.6 Å². The van der Waals surface area contributed by atoms with E-state index in [2.05, 4.69) is 6.92 Å². The second-order valence-corrected chi connectivity index (χ2v) is 9.64. The number of furan rings is 1. The molecule has 2 heterocycles. The first-order valence-electron chi connectivity index (χ1n) is 9.77. The van der Waals surface area contributed by atoms with E-state index in [9.17, 15) is 22.0 Å². The number of hydrogen-bond acceptors (Lipinski definition) is 4. The molecule has 2 fully saturated rings. The Labute approximate surface area is 173 Å². The molecule has 6 nitrogen and oxygen atoms in total. The molecule has 1 aliphatic carbocycles. The van der Waals surface area contributed by atoms with Crippen LogP contribution >= 0.6 is 0 Å². The standard InChI is InChI=1S/C21H22F2N2O4S/c1-14-12-17(14)20-6-2-15(29-20)3-7-21(26)24-8-10-25(11-9-24)30(27,28)16-4-5-18(22)19(23)13-16/h2-7,13-14,17H,8-12H2,1H3/b7-3+. The number of hydrogen-bond donors (Lipinski definition) is 0. The zero-order valence-corrected chi connectivity index (χ0v) is 17.2. The van der Waals surface area contributed by atoms with E-state index in [1.165, 1.54) is 10.4 Å². The summed E-state index contributed by atoms with van der Waals surface area (Å²) in [7, 11) is -3.95. The lowest BCUT2D eigenvalue weighted by molar-refractivity contribution is -0.127. The van der Waals surface area contributed by atoms with E-state index in [-0.39, 0.29) is 37.0 Å². The zero-order valence-electron chi connectivity index (χ0n) is 16.4. The molecule has 0 radical (unpaired) electrons. The summed E-state index contributed by atoms with van der Waals surface area (Å²) in [5.41, 5.74) is 0. The first-order valence-corrected chi connectivity index (χ1v) is 11.2. The zero-order chi connectivity index (χ0) is 21.5. The van der Waals surface area contributed by atoms with Crippen molar-refractivity contribution in [2.75, 3.05) is 26.2 Å². The average Bonchev–Trinajstić information content (AvgIpc) is 3.27. The molecule has 1 aliphatic heterocycles. The van der Waals surface area contributed by atoms with Crippen LogP contribution in [0.1, 0.15) is 30.8 Å². The fourth-order valence-electron chi connectivity index (χ4n) is 3.57. The van der Waals surface area contributed by atoms with Gasteiger partial charge in [0.15, 0.2) is 11.6 Å². The third-order valence-electron chi connectivity index (χ3n) is 5.59. The molecule has 160 valence electrons. The highest BCUT2D eigenvalue weighted by atomic mass is 32.2. The third-order valence-corrected chi connectivity index (χ3v) is 7.49. The van der Waals surface area contributed by atoms with Crippen molar-refractivity contribution in [2.24, 2.45) is 5.92 Å². The number of halogens is 2. The highest BCUT2D eigenvalue weighted by molar-refractivity contribution is 7.89. The predicted octanol–water partition coefficient (Wildman–Crippen LogP) is 3.23. The van der Waals surface area contributed by atoms with Gasteiger partial charge in [0.05, 0.1) is 4.90 Å². The topological polar surface area (TPSA) is 70.8 Å². The molecule has 30 heavy (non-hydrogen) atoms. The van der Waals surface area contributed by atoms with Gasteiger partial charge in [-0.05, 0) is 48.7 Å². The summed E-state index contributed by atoms with van der Waals surface area (Å²) in [6.07, 6.45) is 4.15. The normalized spacial score (nSPS) is 22.6. The van der Waals surface area contributed by atoms with Gasteiger partial charge < -0.3 is 9.32 Å². The van der Waals surface area contributed by atoms with Gasteiger partial charge in [-0.15, -0.1) is 0 Å². The molecule has 0 N–H and O–H groups in total. The molecule has 4 rings (SSSR count). The van der Waals surface area contributed by atoms with Gasteiger partial charge >= 0.3 is 0 Å². The van der Waals surface area contributed by atoms with Crippen molar-refractivity contribution in [3.8, 4) is 0 Å². The molecule has 1 aromatic carbocycles. The molecule has 9 heteroatoms. The Bertz CT molecular complexity index is 1090. The minimum Gasteiger partial charge on any atom is -0.461 e. The monoisotopic (exact) mass is 436 g/mol. The highest BCUT2D eigenvalue weighted by Gasteiger charge is 2.36. The van der Waals surface area contributed by atoms with Crippen LogP contribution in [0.25, 0.3) is 6.08 Å². The van der Waals surface area contributed by atoms with E-state index in [1.54, 1.807) is 11.0 Å². The average molecular weight is 436 g/mol. The highest BCUT2D eigenvalue weighted by Crippen LogP contribution is 2.47. The van der Waals surface area contributed by atoms with Gasteiger partial charge in [0.25, 0.3) is 0 Å². The summed E-state index contributed by atoms with van der Waals surface area (Å²) in [5.74, 6) is 0.0834. The Morgan fingerprint density at radius 1 is 1.10 bits per heavy atom. The summed E-state index contributed by atoms with van der Waals surface area (Å²) in [5, 5.41) is 0. The number of piperazine rings is 1. The molecule has 2 aliphatic rings.